The molecule has 0 amide bonds. The molecule has 3 aromatic rings. The highest BCUT2D eigenvalue weighted by molar-refractivity contribution is 5.78. The summed E-state index contributed by atoms with van der Waals surface area (Å²) in [6, 6.07) is 15.9. The van der Waals surface area contributed by atoms with Crippen molar-refractivity contribution in [1.29, 1.82) is 10.5 Å². The normalized spacial score (nSPS) is 12.1. The Labute approximate surface area is 191 Å². The molecule has 0 bridgehead atoms. The number of rotatable bonds is 4. The SMILES string of the molecule is N#Cc1cc(/C=C/c2ccc(C(F)(F)F)cc2)c(C#N)cc1/C=C/c1ccc(C(F)(F)F)cc1. The zero-order valence-corrected chi connectivity index (χ0v) is 17.2. The topological polar surface area (TPSA) is 47.6 Å². The summed E-state index contributed by atoms with van der Waals surface area (Å²) < 4.78 is 76.1. The van der Waals surface area contributed by atoms with E-state index in [0.717, 1.165) is 24.3 Å². The Balaban J connectivity index is 1.87. The third-order valence-corrected chi connectivity index (χ3v) is 4.85. The van der Waals surface area contributed by atoms with Crippen molar-refractivity contribution >= 4 is 24.3 Å². The summed E-state index contributed by atoms with van der Waals surface area (Å²) in [5.74, 6) is 0. The highest BCUT2D eigenvalue weighted by atomic mass is 19.4. The highest BCUT2D eigenvalue weighted by Gasteiger charge is 2.30. The lowest BCUT2D eigenvalue weighted by Crippen LogP contribution is -2.03. The summed E-state index contributed by atoms with van der Waals surface area (Å²) in [6.45, 7) is 0. The van der Waals surface area contributed by atoms with E-state index in [4.69, 9.17) is 0 Å². The molecular weight excluding hydrogens is 454 g/mol. The van der Waals surface area contributed by atoms with Gasteiger partial charge in [0.05, 0.1) is 34.4 Å². The predicted octanol–water partition coefficient (Wildman–Crippen LogP) is 7.81. The minimum absolute atomic E-state index is 0.217. The maximum Gasteiger partial charge on any atom is 0.416 e. The van der Waals surface area contributed by atoms with Gasteiger partial charge in [0.25, 0.3) is 0 Å². The summed E-state index contributed by atoms with van der Waals surface area (Å²) in [5, 5.41) is 19.0. The van der Waals surface area contributed by atoms with E-state index in [2.05, 4.69) is 0 Å². The van der Waals surface area contributed by atoms with Crippen LogP contribution in [0, 0.1) is 22.7 Å². The molecule has 0 saturated heterocycles. The summed E-state index contributed by atoms with van der Waals surface area (Å²) in [4.78, 5) is 0. The van der Waals surface area contributed by atoms with E-state index < -0.39 is 23.5 Å². The summed E-state index contributed by atoms with van der Waals surface area (Å²) in [5.41, 5.74) is 0.611. The number of nitriles is 2. The molecular formula is C26H14F6N2. The predicted molar refractivity (Wildman–Crippen MR) is 117 cm³/mol. The number of halogens is 6. The second-order valence-corrected chi connectivity index (χ2v) is 7.16. The van der Waals surface area contributed by atoms with Gasteiger partial charge in [0.2, 0.25) is 0 Å². The molecule has 170 valence electrons. The van der Waals surface area contributed by atoms with Crippen LogP contribution in [0.3, 0.4) is 0 Å². The fraction of sp³-hybridized carbons (Fsp3) is 0.0769. The van der Waals surface area contributed by atoms with Crippen LogP contribution >= 0.6 is 0 Å². The van der Waals surface area contributed by atoms with Crippen LogP contribution in [-0.4, -0.2) is 0 Å². The second-order valence-electron chi connectivity index (χ2n) is 7.16. The Bertz CT molecular complexity index is 1210. The molecule has 0 atom stereocenters. The van der Waals surface area contributed by atoms with Crippen LogP contribution in [0.15, 0.2) is 60.7 Å². The first-order valence-corrected chi connectivity index (χ1v) is 9.70. The van der Waals surface area contributed by atoms with Crippen molar-refractivity contribution in [1.82, 2.24) is 0 Å². The molecule has 2 nitrogen and oxygen atoms in total. The Morgan fingerprint density at radius 1 is 0.529 bits per heavy atom. The minimum atomic E-state index is -4.44. The standard InChI is InChI=1S/C26H14F6N2/c27-25(28,29)23-9-3-17(4-10-23)1-7-19-13-22(16-34)20(14-21(19)15-33)8-2-18-5-11-24(12-6-18)26(30,31)32/h1-14H/b7-1+,8-2+. The Kier molecular flexibility index (Phi) is 6.93. The lowest BCUT2D eigenvalue weighted by Gasteiger charge is -2.07. The molecule has 0 radical (unpaired) electrons. The largest absolute Gasteiger partial charge is 0.416 e. The lowest BCUT2D eigenvalue weighted by molar-refractivity contribution is -0.138. The van der Waals surface area contributed by atoms with E-state index in [-0.39, 0.29) is 11.1 Å². The molecule has 0 aliphatic carbocycles. The van der Waals surface area contributed by atoms with Crippen molar-refractivity contribution in [3.63, 3.8) is 0 Å². The third-order valence-electron chi connectivity index (χ3n) is 4.85. The summed E-state index contributed by atoms with van der Waals surface area (Å²) in [6.07, 6.45) is -2.80. The van der Waals surface area contributed by atoms with Gasteiger partial charge in [-0.25, -0.2) is 0 Å². The second kappa shape index (κ2) is 9.68. The third kappa shape index (κ3) is 5.93. The van der Waals surface area contributed by atoms with Crippen LogP contribution < -0.4 is 0 Å². The minimum Gasteiger partial charge on any atom is -0.192 e. The summed E-state index contributed by atoms with van der Waals surface area (Å²) in [7, 11) is 0. The van der Waals surface area contributed by atoms with Gasteiger partial charge < -0.3 is 0 Å². The van der Waals surface area contributed by atoms with E-state index in [1.165, 1.54) is 60.7 Å². The van der Waals surface area contributed by atoms with E-state index in [1.807, 2.05) is 12.1 Å². The molecule has 0 fully saturated rings. The molecule has 0 aromatic heterocycles. The number of hydrogen-bond donors (Lipinski definition) is 0. The van der Waals surface area contributed by atoms with Crippen LogP contribution in [0.5, 0.6) is 0 Å². The fourth-order valence-corrected chi connectivity index (χ4v) is 3.04. The van der Waals surface area contributed by atoms with Crippen LogP contribution in [0.2, 0.25) is 0 Å². The average molecular weight is 468 g/mol. The van der Waals surface area contributed by atoms with Gasteiger partial charge in [0.15, 0.2) is 0 Å². The molecule has 8 heteroatoms. The van der Waals surface area contributed by atoms with Crippen molar-refractivity contribution in [2.24, 2.45) is 0 Å². The van der Waals surface area contributed by atoms with Crippen LogP contribution in [-0.2, 0) is 12.4 Å². The van der Waals surface area contributed by atoms with Gasteiger partial charge in [-0.15, -0.1) is 0 Å². The maximum absolute atomic E-state index is 12.7. The van der Waals surface area contributed by atoms with Crippen molar-refractivity contribution in [2.75, 3.05) is 0 Å². The Morgan fingerprint density at radius 3 is 1.12 bits per heavy atom. The molecule has 0 aliphatic rings. The first kappa shape index (κ1) is 24.3. The zero-order valence-electron chi connectivity index (χ0n) is 17.2. The molecule has 0 unspecified atom stereocenters. The monoisotopic (exact) mass is 468 g/mol. The molecule has 34 heavy (non-hydrogen) atoms. The van der Waals surface area contributed by atoms with Crippen molar-refractivity contribution in [3.8, 4) is 12.1 Å². The van der Waals surface area contributed by atoms with Crippen LogP contribution in [0.25, 0.3) is 24.3 Å². The average Bonchev–Trinajstić information content (AvgIpc) is 2.80. The quantitative estimate of drug-likeness (QED) is 0.290. The number of benzene rings is 3. The molecule has 0 spiro atoms. The van der Waals surface area contributed by atoms with Crippen LogP contribution in [0.1, 0.15) is 44.5 Å². The smallest absolute Gasteiger partial charge is 0.192 e. The van der Waals surface area contributed by atoms with E-state index in [9.17, 15) is 36.9 Å². The molecule has 3 rings (SSSR count). The lowest BCUT2D eigenvalue weighted by atomic mass is 9.97. The number of nitrogens with zero attached hydrogens (tertiary/aromatic N) is 2. The van der Waals surface area contributed by atoms with Crippen molar-refractivity contribution in [2.45, 2.75) is 12.4 Å². The van der Waals surface area contributed by atoms with Gasteiger partial charge >= 0.3 is 12.4 Å². The molecule has 0 N–H and O–H groups in total. The van der Waals surface area contributed by atoms with Gasteiger partial charge in [-0.05, 0) is 58.7 Å². The van der Waals surface area contributed by atoms with Gasteiger partial charge in [0, 0.05) is 0 Å². The van der Waals surface area contributed by atoms with E-state index in [1.54, 1.807) is 0 Å². The first-order valence-electron chi connectivity index (χ1n) is 9.70. The van der Waals surface area contributed by atoms with Gasteiger partial charge in [-0.1, -0.05) is 48.6 Å². The highest BCUT2D eigenvalue weighted by Crippen LogP contribution is 2.30. The zero-order chi connectivity index (χ0) is 24.9. The Morgan fingerprint density at radius 2 is 0.853 bits per heavy atom. The van der Waals surface area contributed by atoms with Gasteiger partial charge in [0.1, 0.15) is 0 Å². The molecule has 0 saturated carbocycles. The van der Waals surface area contributed by atoms with Gasteiger partial charge in [-0.2, -0.15) is 36.9 Å². The van der Waals surface area contributed by atoms with E-state index in [0.29, 0.717) is 22.3 Å². The van der Waals surface area contributed by atoms with Crippen LogP contribution in [0.4, 0.5) is 26.3 Å². The fourth-order valence-electron chi connectivity index (χ4n) is 3.04. The van der Waals surface area contributed by atoms with Crippen molar-refractivity contribution in [3.05, 3.63) is 105 Å². The molecule has 0 aliphatic heterocycles. The number of hydrogen-bond acceptors (Lipinski definition) is 2. The molecule has 0 heterocycles. The Hall–Kier alpha value is -4.30. The van der Waals surface area contributed by atoms with E-state index >= 15 is 0 Å². The number of alkyl halides is 6. The first-order chi connectivity index (χ1) is 16.0. The summed E-state index contributed by atoms with van der Waals surface area (Å²) >= 11 is 0. The maximum atomic E-state index is 12.7. The van der Waals surface area contributed by atoms with Gasteiger partial charge in [-0.3, -0.25) is 0 Å². The molecule has 3 aromatic carbocycles. The van der Waals surface area contributed by atoms with Crippen molar-refractivity contribution < 1.29 is 26.3 Å².